The predicted octanol–water partition coefficient (Wildman–Crippen LogP) is 4.70. The Morgan fingerprint density at radius 2 is 1.20 bits per heavy atom. The number of aromatic hydroxyl groups is 1. The van der Waals surface area contributed by atoms with Crippen molar-refractivity contribution in [1.29, 1.82) is 0 Å². The smallest absolute Gasteiger partial charge is 0.310 e. The summed E-state index contributed by atoms with van der Waals surface area (Å²) in [6.45, 7) is 1.35. The van der Waals surface area contributed by atoms with Crippen LogP contribution >= 0.6 is 0 Å². The second-order valence-electron chi connectivity index (χ2n) is 5.21. The summed E-state index contributed by atoms with van der Waals surface area (Å²) in [7, 11) is 0. The van der Waals surface area contributed by atoms with Crippen LogP contribution in [0.15, 0.2) is 84.9 Å². The van der Waals surface area contributed by atoms with Crippen molar-refractivity contribution < 1.29 is 14.8 Å². The lowest BCUT2D eigenvalue weighted by molar-refractivity contribution is -0.385. The SMILES string of the molecule is O=[N+]([O-])c1ccccc1O.c1ccc(COCc2ccccc2)cc1. The van der Waals surface area contributed by atoms with Gasteiger partial charge in [-0.1, -0.05) is 72.8 Å². The van der Waals surface area contributed by atoms with Crippen molar-refractivity contribution in [3.05, 3.63) is 106 Å². The average Bonchev–Trinajstić information content (AvgIpc) is 2.64. The Morgan fingerprint density at radius 3 is 1.60 bits per heavy atom. The molecule has 5 nitrogen and oxygen atoms in total. The second kappa shape index (κ2) is 9.85. The number of nitro benzene ring substituents is 1. The zero-order valence-corrected chi connectivity index (χ0v) is 13.6. The standard InChI is InChI=1S/C14H14O.C6H5NO3/c1-3-7-13(8-4-1)11-15-12-14-9-5-2-6-10-14;8-6-4-2-1-3-5(6)7(9)10/h1-10H,11-12H2;1-4,8H. The fraction of sp³-hybridized carbons (Fsp3) is 0.100. The highest BCUT2D eigenvalue weighted by Crippen LogP contribution is 2.23. The fourth-order valence-electron chi connectivity index (χ4n) is 2.05. The minimum absolute atomic E-state index is 0.262. The Hall–Kier alpha value is -3.18. The first-order valence-corrected chi connectivity index (χ1v) is 7.75. The molecule has 0 radical (unpaired) electrons. The molecule has 0 fully saturated rings. The van der Waals surface area contributed by atoms with Crippen molar-refractivity contribution in [3.63, 3.8) is 0 Å². The van der Waals surface area contributed by atoms with Crippen molar-refractivity contribution in [3.8, 4) is 5.75 Å². The number of hydrogen-bond acceptors (Lipinski definition) is 4. The third-order valence-corrected chi connectivity index (χ3v) is 3.30. The molecule has 0 saturated heterocycles. The molecule has 0 amide bonds. The van der Waals surface area contributed by atoms with Gasteiger partial charge < -0.3 is 9.84 Å². The van der Waals surface area contributed by atoms with Crippen LogP contribution < -0.4 is 0 Å². The molecule has 3 rings (SSSR count). The van der Waals surface area contributed by atoms with E-state index in [2.05, 4.69) is 24.3 Å². The normalized spacial score (nSPS) is 9.76. The molecule has 0 heterocycles. The van der Waals surface area contributed by atoms with E-state index in [9.17, 15) is 10.1 Å². The van der Waals surface area contributed by atoms with E-state index in [4.69, 9.17) is 9.84 Å². The maximum atomic E-state index is 10.1. The van der Waals surface area contributed by atoms with E-state index >= 15 is 0 Å². The zero-order valence-electron chi connectivity index (χ0n) is 13.6. The largest absolute Gasteiger partial charge is 0.502 e. The Kier molecular flexibility index (Phi) is 7.15. The molecule has 0 unspecified atom stereocenters. The molecule has 1 N–H and O–H groups in total. The Morgan fingerprint density at radius 1 is 0.760 bits per heavy atom. The first-order valence-electron chi connectivity index (χ1n) is 7.75. The summed E-state index contributed by atoms with van der Waals surface area (Å²) in [5, 5.41) is 18.9. The minimum Gasteiger partial charge on any atom is -0.502 e. The fourth-order valence-corrected chi connectivity index (χ4v) is 2.05. The molecule has 25 heavy (non-hydrogen) atoms. The van der Waals surface area contributed by atoms with Crippen molar-refractivity contribution in [2.24, 2.45) is 0 Å². The van der Waals surface area contributed by atoms with Gasteiger partial charge in [0, 0.05) is 6.07 Å². The molecule has 128 valence electrons. The number of phenols is 1. The van der Waals surface area contributed by atoms with Crippen LogP contribution in [0.3, 0.4) is 0 Å². The monoisotopic (exact) mass is 337 g/mol. The van der Waals surface area contributed by atoms with Crippen molar-refractivity contribution in [2.45, 2.75) is 13.2 Å². The average molecular weight is 337 g/mol. The van der Waals surface area contributed by atoms with Crippen molar-refractivity contribution in [2.75, 3.05) is 0 Å². The highest BCUT2D eigenvalue weighted by Gasteiger charge is 2.09. The van der Waals surface area contributed by atoms with Gasteiger partial charge in [-0.2, -0.15) is 0 Å². The number of para-hydroxylation sites is 2. The van der Waals surface area contributed by atoms with Crippen LogP contribution in [-0.4, -0.2) is 10.0 Å². The third kappa shape index (κ3) is 6.45. The molecular weight excluding hydrogens is 318 g/mol. The topological polar surface area (TPSA) is 72.6 Å². The van der Waals surface area contributed by atoms with E-state index in [0.29, 0.717) is 13.2 Å². The third-order valence-electron chi connectivity index (χ3n) is 3.30. The van der Waals surface area contributed by atoms with E-state index in [0.717, 1.165) is 0 Å². The number of nitro groups is 1. The number of rotatable bonds is 5. The number of ether oxygens (including phenoxy) is 1. The highest BCUT2D eigenvalue weighted by atomic mass is 16.6. The van der Waals surface area contributed by atoms with Crippen LogP contribution in [0, 0.1) is 10.1 Å². The van der Waals surface area contributed by atoms with Gasteiger partial charge in [-0.3, -0.25) is 10.1 Å². The maximum absolute atomic E-state index is 10.1. The predicted molar refractivity (Wildman–Crippen MR) is 96.1 cm³/mol. The number of hydrogen-bond donors (Lipinski definition) is 1. The summed E-state index contributed by atoms with van der Waals surface area (Å²) in [4.78, 5) is 9.44. The van der Waals surface area contributed by atoms with Crippen LogP contribution in [-0.2, 0) is 18.0 Å². The van der Waals surface area contributed by atoms with Crippen LogP contribution in [0.2, 0.25) is 0 Å². The molecule has 0 aliphatic carbocycles. The molecule has 5 heteroatoms. The molecule has 3 aromatic carbocycles. The summed E-state index contributed by atoms with van der Waals surface area (Å²) in [5.41, 5.74) is 2.17. The Labute approximate surface area is 146 Å². The van der Waals surface area contributed by atoms with Crippen molar-refractivity contribution in [1.82, 2.24) is 0 Å². The lowest BCUT2D eigenvalue weighted by Crippen LogP contribution is -1.93. The summed E-state index contributed by atoms with van der Waals surface area (Å²) < 4.78 is 5.61. The van der Waals surface area contributed by atoms with E-state index in [-0.39, 0.29) is 11.4 Å². The van der Waals surface area contributed by atoms with Crippen LogP contribution in [0.4, 0.5) is 5.69 Å². The van der Waals surface area contributed by atoms with Gasteiger partial charge in [0.15, 0.2) is 5.75 Å². The summed E-state index contributed by atoms with van der Waals surface area (Å²) in [6.07, 6.45) is 0. The van der Waals surface area contributed by atoms with Crippen LogP contribution in [0.1, 0.15) is 11.1 Å². The van der Waals surface area contributed by atoms with Gasteiger partial charge in [0.1, 0.15) is 0 Å². The van der Waals surface area contributed by atoms with Gasteiger partial charge >= 0.3 is 5.69 Å². The van der Waals surface area contributed by atoms with Gasteiger partial charge in [-0.15, -0.1) is 0 Å². The molecule has 0 spiro atoms. The second-order valence-corrected chi connectivity index (χ2v) is 5.21. The summed E-state index contributed by atoms with van der Waals surface area (Å²) in [6, 6.07) is 26.0. The van der Waals surface area contributed by atoms with Crippen LogP contribution in [0.25, 0.3) is 0 Å². The van der Waals surface area contributed by atoms with Crippen LogP contribution in [0.5, 0.6) is 5.75 Å². The minimum atomic E-state index is -0.630. The van der Waals surface area contributed by atoms with Gasteiger partial charge in [0.2, 0.25) is 0 Å². The van der Waals surface area contributed by atoms with E-state index in [1.54, 1.807) is 0 Å². The Bertz CT molecular complexity index is 736. The first kappa shape index (κ1) is 18.2. The summed E-state index contributed by atoms with van der Waals surface area (Å²) in [5.74, 6) is -0.299. The first-order chi connectivity index (χ1) is 12.2. The van der Waals surface area contributed by atoms with E-state index in [1.165, 1.54) is 35.4 Å². The van der Waals surface area contributed by atoms with E-state index < -0.39 is 4.92 Å². The number of nitrogens with zero attached hydrogens (tertiary/aromatic N) is 1. The lowest BCUT2D eigenvalue weighted by Gasteiger charge is -2.03. The highest BCUT2D eigenvalue weighted by molar-refractivity contribution is 5.44. The Balaban J connectivity index is 0.000000196. The molecule has 0 bridgehead atoms. The lowest BCUT2D eigenvalue weighted by atomic mass is 10.2. The molecule has 0 atom stereocenters. The number of phenolic OH excluding ortho intramolecular Hbond substituents is 1. The van der Waals surface area contributed by atoms with Crippen molar-refractivity contribution >= 4 is 5.69 Å². The molecule has 0 saturated carbocycles. The van der Waals surface area contributed by atoms with Gasteiger partial charge in [0.05, 0.1) is 18.1 Å². The molecular formula is C20H19NO4. The zero-order chi connectivity index (χ0) is 17.9. The molecule has 0 aliphatic rings. The number of benzene rings is 3. The van der Waals surface area contributed by atoms with Gasteiger partial charge in [-0.25, -0.2) is 0 Å². The maximum Gasteiger partial charge on any atom is 0.310 e. The van der Waals surface area contributed by atoms with Gasteiger partial charge in [0.25, 0.3) is 0 Å². The molecule has 0 aromatic heterocycles. The van der Waals surface area contributed by atoms with E-state index in [1.807, 2.05) is 36.4 Å². The molecule has 0 aliphatic heterocycles. The quantitative estimate of drug-likeness (QED) is 0.541. The van der Waals surface area contributed by atoms with Gasteiger partial charge in [-0.05, 0) is 17.2 Å². The molecule has 3 aromatic rings. The summed E-state index contributed by atoms with van der Waals surface area (Å²) >= 11 is 0.